The Bertz CT molecular complexity index is 454. The van der Waals surface area contributed by atoms with Gasteiger partial charge in [0.1, 0.15) is 5.01 Å². The molecule has 1 aromatic rings. The smallest absolute Gasteiger partial charge is 0.400 e. The fourth-order valence-electron chi connectivity index (χ4n) is 1.74. The number of hydrogen-bond donors (Lipinski definition) is 0. The maximum absolute atomic E-state index is 5.88. The van der Waals surface area contributed by atoms with Crippen LogP contribution in [0.4, 0.5) is 0 Å². The Labute approximate surface area is 118 Å². The van der Waals surface area contributed by atoms with E-state index >= 15 is 0 Å². The maximum Gasteiger partial charge on any atom is 0.487 e. The molecule has 0 radical (unpaired) electrons. The van der Waals surface area contributed by atoms with Gasteiger partial charge in [-0.05, 0) is 33.8 Å². The molecule has 0 bridgehead atoms. The Morgan fingerprint density at radius 1 is 1.32 bits per heavy atom. The molecule has 0 atom stereocenters. The number of methoxy groups -OCH3 is 1. The summed E-state index contributed by atoms with van der Waals surface area (Å²) in [7, 11) is 1.35. The van der Waals surface area contributed by atoms with Crippen molar-refractivity contribution in [2.45, 2.75) is 45.5 Å². The van der Waals surface area contributed by atoms with Gasteiger partial charge in [0.25, 0.3) is 0 Å². The van der Waals surface area contributed by atoms with Gasteiger partial charge < -0.3 is 14.0 Å². The summed E-state index contributed by atoms with van der Waals surface area (Å²) in [6.45, 7) is 8.72. The van der Waals surface area contributed by atoms with Gasteiger partial charge >= 0.3 is 7.12 Å². The number of hydrogen-bond acceptors (Lipinski definition) is 5. The highest BCUT2D eigenvalue weighted by molar-refractivity contribution is 7.09. The maximum atomic E-state index is 5.88. The number of ether oxygens (including phenoxy) is 1. The lowest BCUT2D eigenvalue weighted by Gasteiger charge is -2.32. The highest BCUT2D eigenvalue weighted by Crippen LogP contribution is 2.37. The van der Waals surface area contributed by atoms with E-state index in [2.05, 4.69) is 4.98 Å². The van der Waals surface area contributed by atoms with E-state index in [0.29, 0.717) is 6.61 Å². The molecule has 1 saturated heterocycles. The van der Waals surface area contributed by atoms with E-state index in [9.17, 15) is 0 Å². The van der Waals surface area contributed by atoms with Crippen molar-refractivity contribution in [2.24, 2.45) is 0 Å². The van der Waals surface area contributed by atoms with Crippen LogP contribution in [-0.4, -0.2) is 30.4 Å². The summed E-state index contributed by atoms with van der Waals surface area (Å²) in [5, 5.41) is 2.96. The molecule has 1 aliphatic rings. The molecule has 2 rings (SSSR count). The van der Waals surface area contributed by atoms with Gasteiger partial charge in [-0.15, -0.1) is 11.3 Å². The molecule has 104 valence electrons. The van der Waals surface area contributed by atoms with Crippen LogP contribution in [0, 0.1) is 0 Å². The van der Waals surface area contributed by atoms with Crippen LogP contribution in [0.5, 0.6) is 0 Å². The molecule has 4 nitrogen and oxygen atoms in total. The lowest BCUT2D eigenvalue weighted by molar-refractivity contribution is 0.00578. The predicted molar refractivity (Wildman–Crippen MR) is 77.9 cm³/mol. The standard InChI is InChI=1S/C13H20BNO3S/c1-12(2)13(3,4)18-14(17-12)7-6-10-9-19-11(15-10)8-16-5/h6-7,9H,8H2,1-5H3/b7-6+. The third kappa shape index (κ3) is 3.26. The van der Waals surface area contributed by atoms with Gasteiger partial charge in [-0.25, -0.2) is 4.98 Å². The molecule has 1 fully saturated rings. The van der Waals surface area contributed by atoms with Crippen molar-refractivity contribution >= 4 is 24.5 Å². The molecule has 0 aliphatic carbocycles. The Hall–Kier alpha value is -0.685. The molecule has 19 heavy (non-hydrogen) atoms. The number of aromatic nitrogens is 1. The Kier molecular flexibility index (Phi) is 4.15. The molecule has 0 unspecified atom stereocenters. The van der Waals surface area contributed by atoms with E-state index in [-0.39, 0.29) is 18.3 Å². The lowest BCUT2D eigenvalue weighted by Crippen LogP contribution is -2.41. The zero-order chi connectivity index (χ0) is 14.1. The van der Waals surface area contributed by atoms with Gasteiger partial charge in [-0.2, -0.15) is 0 Å². The molecule has 2 heterocycles. The molecule has 0 amide bonds. The topological polar surface area (TPSA) is 40.6 Å². The minimum atomic E-state index is -0.322. The minimum Gasteiger partial charge on any atom is -0.400 e. The molecular weight excluding hydrogens is 261 g/mol. The fourth-order valence-corrected chi connectivity index (χ4v) is 2.47. The molecular formula is C13H20BNO3S. The Balaban J connectivity index is 2.00. The van der Waals surface area contributed by atoms with Gasteiger partial charge in [-0.1, -0.05) is 5.98 Å². The molecule has 0 N–H and O–H groups in total. The molecule has 0 saturated carbocycles. The van der Waals surface area contributed by atoms with Crippen LogP contribution >= 0.6 is 11.3 Å². The summed E-state index contributed by atoms with van der Waals surface area (Å²) in [5.74, 6) is 1.90. The van der Waals surface area contributed by atoms with Crippen LogP contribution in [0.25, 0.3) is 6.08 Å². The van der Waals surface area contributed by atoms with Gasteiger partial charge in [0.2, 0.25) is 0 Å². The molecule has 6 heteroatoms. The second-order valence-corrected chi connectivity index (χ2v) is 6.53. The monoisotopic (exact) mass is 281 g/mol. The minimum absolute atomic E-state index is 0.300. The highest BCUT2D eigenvalue weighted by atomic mass is 32.1. The quantitative estimate of drug-likeness (QED) is 0.796. The summed E-state index contributed by atoms with van der Waals surface area (Å²) in [6, 6.07) is 0. The number of nitrogens with zero attached hydrogens (tertiary/aromatic N) is 1. The first kappa shape index (κ1) is 14.7. The first-order valence-electron chi connectivity index (χ1n) is 6.31. The van der Waals surface area contributed by atoms with Crippen LogP contribution in [0.1, 0.15) is 38.4 Å². The third-order valence-electron chi connectivity index (χ3n) is 3.53. The van der Waals surface area contributed by atoms with Gasteiger partial charge in [-0.3, -0.25) is 0 Å². The molecule has 0 aromatic carbocycles. The largest absolute Gasteiger partial charge is 0.487 e. The van der Waals surface area contributed by atoms with Crippen LogP contribution < -0.4 is 0 Å². The van der Waals surface area contributed by atoms with Gasteiger partial charge in [0.15, 0.2) is 0 Å². The van der Waals surface area contributed by atoms with Crippen molar-refractivity contribution in [3.8, 4) is 0 Å². The number of rotatable bonds is 4. The van der Waals surface area contributed by atoms with E-state index in [1.807, 2.05) is 45.1 Å². The third-order valence-corrected chi connectivity index (χ3v) is 4.37. The van der Waals surface area contributed by atoms with Gasteiger partial charge in [0.05, 0.1) is 23.5 Å². The predicted octanol–water partition coefficient (Wildman–Crippen LogP) is 2.93. The highest BCUT2D eigenvalue weighted by Gasteiger charge is 2.49. The van der Waals surface area contributed by atoms with Crippen LogP contribution in [0.15, 0.2) is 11.4 Å². The zero-order valence-electron chi connectivity index (χ0n) is 12.1. The van der Waals surface area contributed by atoms with Crippen LogP contribution in [0.3, 0.4) is 0 Å². The second kappa shape index (κ2) is 5.36. The fraction of sp³-hybridized carbons (Fsp3) is 0.615. The van der Waals surface area contributed by atoms with Crippen molar-refractivity contribution in [1.82, 2.24) is 4.98 Å². The van der Waals surface area contributed by atoms with Crippen molar-refractivity contribution in [2.75, 3.05) is 7.11 Å². The Morgan fingerprint density at radius 3 is 2.53 bits per heavy atom. The summed E-state index contributed by atoms with van der Waals surface area (Å²) < 4.78 is 16.8. The van der Waals surface area contributed by atoms with E-state index in [0.717, 1.165) is 10.7 Å². The van der Waals surface area contributed by atoms with E-state index in [1.54, 1.807) is 18.4 Å². The van der Waals surface area contributed by atoms with Crippen molar-refractivity contribution in [3.05, 3.63) is 22.1 Å². The Morgan fingerprint density at radius 2 is 1.95 bits per heavy atom. The van der Waals surface area contributed by atoms with Gasteiger partial charge in [0, 0.05) is 12.5 Å². The summed E-state index contributed by atoms with van der Waals surface area (Å²) in [4.78, 5) is 4.43. The first-order chi connectivity index (χ1) is 8.84. The molecule has 1 aromatic heterocycles. The first-order valence-corrected chi connectivity index (χ1v) is 7.19. The lowest BCUT2D eigenvalue weighted by atomic mass is 9.90. The average molecular weight is 281 g/mol. The second-order valence-electron chi connectivity index (χ2n) is 5.58. The average Bonchev–Trinajstić information content (AvgIpc) is 2.80. The van der Waals surface area contributed by atoms with Crippen LogP contribution in [0.2, 0.25) is 0 Å². The number of thiazole rings is 1. The van der Waals surface area contributed by atoms with Crippen molar-refractivity contribution in [1.29, 1.82) is 0 Å². The zero-order valence-corrected chi connectivity index (χ0v) is 12.9. The normalized spacial score (nSPS) is 21.4. The van der Waals surface area contributed by atoms with E-state index < -0.39 is 0 Å². The molecule has 1 aliphatic heterocycles. The van der Waals surface area contributed by atoms with Crippen LogP contribution in [-0.2, 0) is 20.7 Å². The van der Waals surface area contributed by atoms with E-state index in [4.69, 9.17) is 14.0 Å². The van der Waals surface area contributed by atoms with Crippen molar-refractivity contribution in [3.63, 3.8) is 0 Å². The summed E-state index contributed by atoms with van der Waals surface area (Å²) in [5.41, 5.74) is 0.308. The summed E-state index contributed by atoms with van der Waals surface area (Å²) >= 11 is 1.59. The molecule has 0 spiro atoms. The summed E-state index contributed by atoms with van der Waals surface area (Å²) in [6.07, 6.45) is 1.93. The van der Waals surface area contributed by atoms with Crippen molar-refractivity contribution < 1.29 is 14.0 Å². The van der Waals surface area contributed by atoms with E-state index in [1.165, 1.54) is 0 Å². The SMILES string of the molecule is COCc1nc(/C=C/B2OC(C)(C)C(C)(C)O2)cs1.